The Labute approximate surface area is 197 Å². The van der Waals surface area contributed by atoms with Crippen molar-refractivity contribution >= 4 is 46.4 Å². The second-order valence-electron chi connectivity index (χ2n) is 9.51. The van der Waals surface area contributed by atoms with Crippen molar-refractivity contribution in [2.75, 3.05) is 23.0 Å². The first kappa shape index (κ1) is 21.8. The van der Waals surface area contributed by atoms with Gasteiger partial charge in [0.2, 0.25) is 17.4 Å². The van der Waals surface area contributed by atoms with Crippen LogP contribution < -0.4 is 20.4 Å². The number of anilines is 2. The maximum Gasteiger partial charge on any atom is 0.416 e. The Kier molecular flexibility index (Phi) is 4.44. The molecule has 6 rings (SSSR count). The third kappa shape index (κ3) is 2.78. The fraction of sp³-hybridized carbons (Fsp3) is 0.500. The fourth-order valence-corrected chi connectivity index (χ4v) is 5.92. The van der Waals surface area contributed by atoms with Gasteiger partial charge in [-0.05, 0) is 32.4 Å². The molecule has 0 bridgehead atoms. The number of hydrogen-bond acceptors (Lipinski definition) is 9. The first-order valence-electron chi connectivity index (χ1n) is 11.3. The number of fused-ring (bicyclic) bond motifs is 5. The number of carbonyl (C=O) groups excluding carboxylic acids is 4. The van der Waals surface area contributed by atoms with E-state index in [0.29, 0.717) is 5.56 Å². The molecule has 1 aromatic carbocycles. The van der Waals surface area contributed by atoms with Gasteiger partial charge in [0.15, 0.2) is 17.1 Å². The second kappa shape index (κ2) is 7.13. The highest BCUT2D eigenvalue weighted by Gasteiger charge is 2.63. The van der Waals surface area contributed by atoms with Crippen LogP contribution in [0.25, 0.3) is 11.0 Å². The third-order valence-electron chi connectivity index (χ3n) is 7.26. The van der Waals surface area contributed by atoms with E-state index in [2.05, 4.69) is 15.8 Å². The maximum atomic E-state index is 16.1. The maximum absolute atomic E-state index is 16.1. The minimum atomic E-state index is -1.75. The smallest absolute Gasteiger partial charge is 0.416 e. The Bertz CT molecular complexity index is 1300. The average molecular weight is 487 g/mol. The van der Waals surface area contributed by atoms with Crippen molar-refractivity contribution in [1.82, 2.24) is 15.8 Å². The first-order valence-corrected chi connectivity index (χ1v) is 11.3. The molecule has 0 saturated carbocycles. The largest absolute Gasteiger partial charge is 0.447 e. The van der Waals surface area contributed by atoms with Crippen LogP contribution in [0.2, 0.25) is 0 Å². The van der Waals surface area contributed by atoms with Crippen LogP contribution in [0.15, 0.2) is 10.6 Å². The number of aromatic nitrogens is 1. The highest BCUT2D eigenvalue weighted by molar-refractivity contribution is 6.20. The second-order valence-corrected chi connectivity index (χ2v) is 9.51. The zero-order chi connectivity index (χ0) is 24.8. The standard InChI is InChI=1S/C22H22FN5O7/c1-8-7-33-21(32)28(8)17-12-4-11-5-22(18(29)24-20(31)25-19(22)30)16-10(3)34-9(2)6-27(16)14(11)13(23)15(12)35-26-17/h4,8-10,16H,5-7H2,1-3H3,(H2,24,25,29,30,31)/t8-,9+,10-,16?/m0/s1. The summed E-state index contributed by atoms with van der Waals surface area (Å²) in [6.07, 6.45) is -1.81. The lowest BCUT2D eigenvalue weighted by Crippen LogP contribution is -2.75. The molecule has 3 fully saturated rings. The van der Waals surface area contributed by atoms with Crippen LogP contribution in [0.4, 0.5) is 25.5 Å². The lowest BCUT2D eigenvalue weighted by atomic mass is 9.66. The third-order valence-corrected chi connectivity index (χ3v) is 7.26. The molecule has 0 radical (unpaired) electrons. The SMILES string of the molecule is C[C@@H]1CN2c3c(cc4c(N5C(=O)OC[C@@H]5C)noc4c3F)CC3(C(=O)NC(=O)NC3=O)C2[C@H](C)O1. The van der Waals surface area contributed by atoms with Crippen molar-refractivity contribution in [3.8, 4) is 0 Å². The Morgan fingerprint density at radius 3 is 2.51 bits per heavy atom. The fourth-order valence-electron chi connectivity index (χ4n) is 5.92. The van der Waals surface area contributed by atoms with Crippen LogP contribution in [-0.2, 0) is 25.5 Å². The molecular weight excluding hydrogens is 465 g/mol. The van der Waals surface area contributed by atoms with E-state index < -0.39 is 47.3 Å². The summed E-state index contributed by atoms with van der Waals surface area (Å²) in [6, 6.07) is -0.572. The van der Waals surface area contributed by atoms with Crippen molar-refractivity contribution in [2.45, 2.75) is 51.5 Å². The van der Waals surface area contributed by atoms with E-state index in [1.54, 1.807) is 24.8 Å². The molecule has 3 saturated heterocycles. The van der Waals surface area contributed by atoms with Gasteiger partial charge in [-0.1, -0.05) is 5.16 Å². The van der Waals surface area contributed by atoms with E-state index in [0.717, 1.165) is 0 Å². The molecular formula is C22H22FN5O7. The lowest BCUT2D eigenvalue weighted by molar-refractivity contribution is -0.153. The lowest BCUT2D eigenvalue weighted by Gasteiger charge is -2.55. The van der Waals surface area contributed by atoms with Gasteiger partial charge >= 0.3 is 12.1 Å². The molecule has 5 amide bonds. The van der Waals surface area contributed by atoms with Crippen molar-refractivity contribution in [3.63, 3.8) is 0 Å². The Morgan fingerprint density at radius 1 is 1.14 bits per heavy atom. The van der Waals surface area contributed by atoms with Crippen LogP contribution in [0, 0.1) is 11.2 Å². The molecule has 1 unspecified atom stereocenters. The summed E-state index contributed by atoms with van der Waals surface area (Å²) in [5, 5.41) is 8.55. The normalized spacial score (nSPS) is 29.7. The number of barbiturate groups is 1. The molecule has 13 heteroatoms. The molecule has 12 nitrogen and oxygen atoms in total. The molecule has 0 aliphatic carbocycles. The highest BCUT2D eigenvalue weighted by Crippen LogP contribution is 2.49. The van der Waals surface area contributed by atoms with E-state index in [9.17, 15) is 19.2 Å². The predicted molar refractivity (Wildman–Crippen MR) is 116 cm³/mol. The highest BCUT2D eigenvalue weighted by atomic mass is 19.1. The number of nitrogens with one attached hydrogen (secondary N) is 2. The van der Waals surface area contributed by atoms with Crippen molar-refractivity contribution in [3.05, 3.63) is 17.4 Å². The van der Waals surface area contributed by atoms with Crippen LogP contribution in [0.5, 0.6) is 0 Å². The Hall–Kier alpha value is -3.74. The molecule has 184 valence electrons. The summed E-state index contributed by atoms with van der Waals surface area (Å²) in [5.41, 5.74) is -1.39. The van der Waals surface area contributed by atoms with Crippen LogP contribution in [0.3, 0.4) is 0 Å². The number of cyclic esters (lactones) is 1. The van der Waals surface area contributed by atoms with Gasteiger partial charge in [-0.2, -0.15) is 0 Å². The van der Waals surface area contributed by atoms with Crippen molar-refractivity contribution in [2.24, 2.45) is 5.41 Å². The van der Waals surface area contributed by atoms with E-state index in [1.807, 2.05) is 6.92 Å². The molecule has 1 aromatic heterocycles. The summed E-state index contributed by atoms with van der Waals surface area (Å²) in [7, 11) is 0. The van der Waals surface area contributed by atoms with Gasteiger partial charge in [0.05, 0.1) is 35.4 Å². The van der Waals surface area contributed by atoms with Crippen molar-refractivity contribution in [1.29, 1.82) is 0 Å². The van der Waals surface area contributed by atoms with E-state index in [4.69, 9.17) is 14.0 Å². The summed E-state index contributed by atoms with van der Waals surface area (Å²) in [5.74, 6) is -2.19. The Morgan fingerprint density at radius 2 is 1.86 bits per heavy atom. The summed E-state index contributed by atoms with van der Waals surface area (Å²) >= 11 is 0. The number of amides is 5. The summed E-state index contributed by atoms with van der Waals surface area (Å²) < 4.78 is 32.4. The van der Waals surface area contributed by atoms with Gasteiger partial charge < -0.3 is 18.9 Å². The quantitative estimate of drug-likeness (QED) is 0.567. The summed E-state index contributed by atoms with van der Waals surface area (Å²) in [4.78, 5) is 53.6. The molecule has 35 heavy (non-hydrogen) atoms. The average Bonchev–Trinajstić information content (AvgIpc) is 3.33. The molecule has 5 heterocycles. The molecule has 1 spiro atoms. The molecule has 4 aliphatic rings. The van der Waals surface area contributed by atoms with Gasteiger partial charge in [-0.25, -0.2) is 14.0 Å². The first-order chi connectivity index (χ1) is 16.6. The van der Waals surface area contributed by atoms with E-state index in [1.165, 1.54) is 4.90 Å². The number of morpholine rings is 1. The number of nitrogens with zero attached hydrogens (tertiary/aromatic N) is 3. The number of imide groups is 2. The zero-order valence-corrected chi connectivity index (χ0v) is 19.1. The number of urea groups is 1. The van der Waals surface area contributed by atoms with Gasteiger partial charge in [0, 0.05) is 13.0 Å². The molecule has 2 N–H and O–H groups in total. The number of carbonyl (C=O) groups is 4. The van der Waals surface area contributed by atoms with E-state index >= 15 is 4.39 Å². The summed E-state index contributed by atoms with van der Waals surface area (Å²) in [6.45, 7) is 5.60. The van der Waals surface area contributed by atoms with Crippen LogP contribution in [0.1, 0.15) is 26.3 Å². The number of hydrogen-bond donors (Lipinski definition) is 2. The number of benzene rings is 1. The van der Waals surface area contributed by atoms with Gasteiger partial charge in [0.25, 0.3) is 0 Å². The Balaban J connectivity index is 1.58. The topological polar surface area (TPSA) is 143 Å². The number of halogens is 1. The molecule has 2 aromatic rings. The van der Waals surface area contributed by atoms with Gasteiger partial charge in [-0.15, -0.1) is 0 Å². The number of ether oxygens (including phenoxy) is 2. The van der Waals surface area contributed by atoms with Gasteiger partial charge in [-0.3, -0.25) is 25.1 Å². The monoisotopic (exact) mass is 487 g/mol. The zero-order valence-electron chi connectivity index (χ0n) is 19.1. The number of rotatable bonds is 1. The van der Waals surface area contributed by atoms with Gasteiger partial charge in [0.1, 0.15) is 6.61 Å². The minimum absolute atomic E-state index is 0.0873. The van der Waals surface area contributed by atoms with E-state index in [-0.39, 0.29) is 54.2 Å². The molecule has 4 atom stereocenters. The van der Waals surface area contributed by atoms with Crippen LogP contribution >= 0.6 is 0 Å². The van der Waals surface area contributed by atoms with Crippen LogP contribution in [-0.4, -0.2) is 66.5 Å². The molecule has 4 aliphatic heterocycles. The minimum Gasteiger partial charge on any atom is -0.447 e. The predicted octanol–water partition coefficient (Wildman–Crippen LogP) is 1.20. The van der Waals surface area contributed by atoms with Crippen molar-refractivity contribution < 1.29 is 37.6 Å².